The number of para-hydroxylation sites is 1. The molecule has 0 saturated heterocycles. The number of hydrogen-bond donors (Lipinski definition) is 1. The van der Waals surface area contributed by atoms with Gasteiger partial charge >= 0.3 is 0 Å². The topological polar surface area (TPSA) is 17.0 Å². The SMILES string of the molecule is CCn1c2ccccc2c2cc(-c3ccc(Nc4ccc5c(c4)C(C)(C)c4ccccc4-5)cc3)ccc21. The molecule has 37 heavy (non-hydrogen) atoms. The van der Waals surface area contributed by atoms with Gasteiger partial charge in [-0.15, -0.1) is 0 Å². The summed E-state index contributed by atoms with van der Waals surface area (Å²) in [5.41, 5.74) is 12.8. The van der Waals surface area contributed by atoms with Crippen LogP contribution in [0.5, 0.6) is 0 Å². The van der Waals surface area contributed by atoms with Crippen molar-refractivity contribution in [3.8, 4) is 22.3 Å². The zero-order valence-corrected chi connectivity index (χ0v) is 21.5. The molecule has 1 heterocycles. The minimum atomic E-state index is 0.00696. The van der Waals surface area contributed by atoms with E-state index in [1.165, 1.54) is 55.2 Å². The summed E-state index contributed by atoms with van der Waals surface area (Å²) in [7, 11) is 0. The Morgan fingerprint density at radius 2 is 1.27 bits per heavy atom. The Hall–Kier alpha value is -4.30. The number of hydrogen-bond acceptors (Lipinski definition) is 1. The number of nitrogens with one attached hydrogen (secondary N) is 1. The molecule has 1 aromatic heterocycles. The van der Waals surface area contributed by atoms with E-state index in [0.717, 1.165) is 17.9 Å². The second kappa shape index (κ2) is 8.11. The monoisotopic (exact) mass is 478 g/mol. The molecule has 0 amide bonds. The standard InChI is InChI=1S/C35H30N2/c1-4-37-33-12-8-6-10-29(33)30-21-24(15-20-34(30)37)23-13-16-25(17-14-23)36-26-18-19-28-27-9-5-7-11-31(27)35(2,3)32(28)22-26/h5-22,36H,4H2,1-3H3. The average Bonchev–Trinajstić information content (AvgIpc) is 3.37. The lowest BCUT2D eigenvalue weighted by molar-refractivity contribution is 0.660. The van der Waals surface area contributed by atoms with Gasteiger partial charge < -0.3 is 9.88 Å². The Bertz CT molecular complexity index is 1800. The molecule has 1 aliphatic rings. The number of aryl methyl sites for hydroxylation is 1. The predicted octanol–water partition coefficient (Wildman–Crippen LogP) is 9.53. The summed E-state index contributed by atoms with van der Waals surface area (Å²) in [5.74, 6) is 0. The van der Waals surface area contributed by atoms with Gasteiger partial charge in [-0.25, -0.2) is 0 Å². The first-order chi connectivity index (χ1) is 18.0. The number of rotatable bonds is 4. The Balaban J connectivity index is 1.19. The number of nitrogens with zero attached hydrogens (tertiary/aromatic N) is 1. The highest BCUT2D eigenvalue weighted by Gasteiger charge is 2.35. The van der Waals surface area contributed by atoms with E-state index in [0.29, 0.717) is 0 Å². The summed E-state index contributed by atoms with van der Waals surface area (Å²) < 4.78 is 2.40. The van der Waals surface area contributed by atoms with Gasteiger partial charge in [0.15, 0.2) is 0 Å². The van der Waals surface area contributed by atoms with Crippen LogP contribution in [0, 0.1) is 0 Å². The molecular weight excluding hydrogens is 448 g/mol. The highest BCUT2D eigenvalue weighted by molar-refractivity contribution is 6.09. The summed E-state index contributed by atoms with van der Waals surface area (Å²) in [4.78, 5) is 0. The zero-order chi connectivity index (χ0) is 25.1. The lowest BCUT2D eigenvalue weighted by Crippen LogP contribution is -2.15. The van der Waals surface area contributed by atoms with Crippen LogP contribution < -0.4 is 5.32 Å². The first-order valence-corrected chi connectivity index (χ1v) is 13.2. The molecule has 0 fully saturated rings. The molecule has 2 nitrogen and oxygen atoms in total. The van der Waals surface area contributed by atoms with Crippen molar-refractivity contribution in [1.29, 1.82) is 0 Å². The number of anilines is 2. The fraction of sp³-hybridized carbons (Fsp3) is 0.143. The molecule has 0 aliphatic heterocycles. The molecule has 1 aliphatic carbocycles. The number of benzene rings is 5. The molecule has 1 N–H and O–H groups in total. The van der Waals surface area contributed by atoms with Crippen LogP contribution >= 0.6 is 0 Å². The predicted molar refractivity (Wildman–Crippen MR) is 158 cm³/mol. The minimum Gasteiger partial charge on any atom is -0.356 e. The van der Waals surface area contributed by atoms with Gasteiger partial charge in [0.1, 0.15) is 0 Å². The maximum absolute atomic E-state index is 3.64. The first kappa shape index (κ1) is 21.9. The molecule has 0 unspecified atom stereocenters. The van der Waals surface area contributed by atoms with E-state index < -0.39 is 0 Å². The molecule has 0 atom stereocenters. The zero-order valence-electron chi connectivity index (χ0n) is 21.5. The quantitative estimate of drug-likeness (QED) is 0.267. The highest BCUT2D eigenvalue weighted by atomic mass is 15.0. The minimum absolute atomic E-state index is 0.00696. The van der Waals surface area contributed by atoms with Crippen molar-refractivity contribution in [2.45, 2.75) is 32.7 Å². The Kier molecular flexibility index (Phi) is 4.81. The van der Waals surface area contributed by atoms with Crippen molar-refractivity contribution in [2.75, 3.05) is 5.32 Å². The van der Waals surface area contributed by atoms with Crippen LogP contribution in [-0.2, 0) is 12.0 Å². The molecule has 5 aromatic carbocycles. The van der Waals surface area contributed by atoms with E-state index in [-0.39, 0.29) is 5.41 Å². The average molecular weight is 479 g/mol. The molecule has 0 saturated carbocycles. The fourth-order valence-electron chi connectivity index (χ4n) is 6.27. The Morgan fingerprint density at radius 3 is 2.11 bits per heavy atom. The second-order valence-electron chi connectivity index (χ2n) is 10.6. The van der Waals surface area contributed by atoms with Crippen molar-refractivity contribution >= 4 is 33.2 Å². The highest BCUT2D eigenvalue weighted by Crippen LogP contribution is 2.49. The third-order valence-electron chi connectivity index (χ3n) is 8.18. The maximum Gasteiger partial charge on any atom is 0.0491 e. The summed E-state index contributed by atoms with van der Waals surface area (Å²) in [6, 6.07) is 39.9. The smallest absolute Gasteiger partial charge is 0.0491 e. The van der Waals surface area contributed by atoms with E-state index in [2.05, 4.69) is 140 Å². The van der Waals surface area contributed by atoms with Gasteiger partial charge in [-0.2, -0.15) is 0 Å². The number of fused-ring (bicyclic) bond motifs is 6. The number of aromatic nitrogens is 1. The van der Waals surface area contributed by atoms with E-state index >= 15 is 0 Å². The van der Waals surface area contributed by atoms with Crippen LogP contribution in [0.1, 0.15) is 31.9 Å². The fourth-order valence-corrected chi connectivity index (χ4v) is 6.27. The van der Waals surface area contributed by atoms with E-state index in [9.17, 15) is 0 Å². The molecule has 7 rings (SSSR count). The van der Waals surface area contributed by atoms with E-state index in [4.69, 9.17) is 0 Å². The van der Waals surface area contributed by atoms with Crippen molar-refractivity contribution in [1.82, 2.24) is 4.57 Å². The van der Waals surface area contributed by atoms with Crippen LogP contribution in [0.25, 0.3) is 44.1 Å². The van der Waals surface area contributed by atoms with Crippen LogP contribution in [0.3, 0.4) is 0 Å². The molecule has 0 spiro atoms. The normalized spacial score (nSPS) is 13.6. The van der Waals surface area contributed by atoms with Gasteiger partial charge in [0, 0.05) is 45.1 Å². The van der Waals surface area contributed by atoms with Gasteiger partial charge in [-0.1, -0.05) is 80.6 Å². The van der Waals surface area contributed by atoms with Gasteiger partial charge in [-0.05, 0) is 82.8 Å². The second-order valence-corrected chi connectivity index (χ2v) is 10.6. The summed E-state index contributed by atoms with van der Waals surface area (Å²) >= 11 is 0. The van der Waals surface area contributed by atoms with Crippen LogP contribution in [0.2, 0.25) is 0 Å². The summed E-state index contributed by atoms with van der Waals surface area (Å²) in [5, 5.41) is 6.28. The van der Waals surface area contributed by atoms with Gasteiger partial charge in [0.05, 0.1) is 0 Å². The van der Waals surface area contributed by atoms with Crippen LogP contribution in [-0.4, -0.2) is 4.57 Å². The first-order valence-electron chi connectivity index (χ1n) is 13.2. The maximum atomic E-state index is 3.64. The summed E-state index contributed by atoms with van der Waals surface area (Å²) in [6.45, 7) is 7.83. The molecule has 0 radical (unpaired) electrons. The molecular formula is C35H30N2. The molecule has 2 heteroatoms. The lowest BCUT2D eigenvalue weighted by Gasteiger charge is -2.22. The van der Waals surface area contributed by atoms with Crippen molar-refractivity contribution in [2.24, 2.45) is 0 Å². The largest absolute Gasteiger partial charge is 0.356 e. The van der Waals surface area contributed by atoms with Crippen LogP contribution in [0.15, 0.2) is 109 Å². The summed E-state index contributed by atoms with van der Waals surface area (Å²) in [6.07, 6.45) is 0. The van der Waals surface area contributed by atoms with Crippen molar-refractivity contribution < 1.29 is 0 Å². The van der Waals surface area contributed by atoms with Crippen molar-refractivity contribution in [3.05, 3.63) is 120 Å². The molecule has 0 bridgehead atoms. The lowest BCUT2D eigenvalue weighted by atomic mass is 9.82. The van der Waals surface area contributed by atoms with Gasteiger partial charge in [-0.3, -0.25) is 0 Å². The molecule has 6 aromatic rings. The van der Waals surface area contributed by atoms with E-state index in [1.807, 2.05) is 0 Å². The van der Waals surface area contributed by atoms with Gasteiger partial charge in [0.25, 0.3) is 0 Å². The van der Waals surface area contributed by atoms with Gasteiger partial charge in [0.2, 0.25) is 0 Å². The molecule has 180 valence electrons. The Morgan fingerprint density at radius 1 is 0.595 bits per heavy atom. The van der Waals surface area contributed by atoms with Crippen LogP contribution in [0.4, 0.5) is 11.4 Å². The van der Waals surface area contributed by atoms with E-state index in [1.54, 1.807) is 0 Å². The third-order valence-corrected chi connectivity index (χ3v) is 8.18. The Labute approximate surface area is 218 Å². The van der Waals surface area contributed by atoms with Crippen molar-refractivity contribution in [3.63, 3.8) is 0 Å². The third kappa shape index (κ3) is 3.33.